The number of nitrogens with one attached hydrogen (secondary N) is 2. The molecule has 0 bridgehead atoms. The molecule has 158 valence electrons. The maximum atomic E-state index is 5.44. The first kappa shape index (κ1) is 20.5. The van der Waals surface area contributed by atoms with Crippen LogP contribution in [0.1, 0.15) is 23.5 Å². The van der Waals surface area contributed by atoms with Gasteiger partial charge in [0.25, 0.3) is 0 Å². The van der Waals surface area contributed by atoms with Gasteiger partial charge in [0.2, 0.25) is 0 Å². The van der Waals surface area contributed by atoms with Gasteiger partial charge in [-0.05, 0) is 48.6 Å². The maximum absolute atomic E-state index is 5.44. The molecule has 0 atom stereocenters. The molecule has 2 N–H and O–H groups in total. The first-order valence-electron chi connectivity index (χ1n) is 10.6. The van der Waals surface area contributed by atoms with E-state index in [4.69, 9.17) is 9.41 Å². The molecule has 0 amide bonds. The minimum Gasteiger partial charge on any atom is -0.469 e. The van der Waals surface area contributed by atoms with Crippen molar-refractivity contribution in [2.24, 2.45) is 4.99 Å². The summed E-state index contributed by atoms with van der Waals surface area (Å²) in [5, 5.41) is 9.26. The molecular formula is C23H29N5OS. The summed E-state index contributed by atoms with van der Waals surface area (Å²) in [6.07, 6.45) is 7.54. The molecule has 1 aliphatic heterocycles. The molecule has 3 aromatic rings. The Morgan fingerprint density at radius 1 is 1.13 bits per heavy atom. The lowest BCUT2D eigenvalue weighted by molar-refractivity contribution is 0.458. The van der Waals surface area contributed by atoms with Gasteiger partial charge in [-0.15, -0.1) is 11.3 Å². The number of aromatic nitrogens is 1. The summed E-state index contributed by atoms with van der Waals surface area (Å²) in [5.74, 6) is 2.95. The van der Waals surface area contributed by atoms with E-state index in [0.29, 0.717) is 6.04 Å². The average molecular weight is 424 g/mol. The molecule has 7 heteroatoms. The number of anilines is 1. The second-order valence-electron chi connectivity index (χ2n) is 7.41. The molecule has 0 spiro atoms. The van der Waals surface area contributed by atoms with Crippen LogP contribution in [0.4, 0.5) is 5.82 Å². The summed E-state index contributed by atoms with van der Waals surface area (Å²) in [7, 11) is 0. The highest BCUT2D eigenvalue weighted by Gasteiger charge is 2.20. The van der Waals surface area contributed by atoms with Crippen LogP contribution in [0.3, 0.4) is 0 Å². The van der Waals surface area contributed by atoms with Crippen molar-refractivity contribution in [1.82, 2.24) is 15.6 Å². The van der Waals surface area contributed by atoms with Crippen molar-refractivity contribution in [1.29, 1.82) is 0 Å². The van der Waals surface area contributed by atoms with Gasteiger partial charge in [-0.25, -0.2) is 4.98 Å². The van der Waals surface area contributed by atoms with Gasteiger partial charge < -0.3 is 20.0 Å². The van der Waals surface area contributed by atoms with Crippen molar-refractivity contribution in [2.45, 2.75) is 31.7 Å². The monoisotopic (exact) mass is 423 g/mol. The fraction of sp³-hybridized carbons (Fsp3) is 0.391. The Kier molecular flexibility index (Phi) is 7.39. The Morgan fingerprint density at radius 2 is 2.07 bits per heavy atom. The van der Waals surface area contributed by atoms with Gasteiger partial charge in [0.1, 0.15) is 11.6 Å². The van der Waals surface area contributed by atoms with Crippen molar-refractivity contribution in [3.63, 3.8) is 0 Å². The lowest BCUT2D eigenvalue weighted by Crippen LogP contribution is -2.49. The highest BCUT2D eigenvalue weighted by atomic mass is 32.1. The van der Waals surface area contributed by atoms with Crippen molar-refractivity contribution in [3.05, 3.63) is 70.9 Å². The van der Waals surface area contributed by atoms with Crippen LogP contribution in [0.15, 0.2) is 69.7 Å². The van der Waals surface area contributed by atoms with Gasteiger partial charge in [-0.1, -0.05) is 12.1 Å². The summed E-state index contributed by atoms with van der Waals surface area (Å²) in [4.78, 5) is 13.0. The number of aliphatic imine (C=N–C) groups is 1. The first-order chi connectivity index (χ1) is 14.9. The van der Waals surface area contributed by atoms with Gasteiger partial charge >= 0.3 is 0 Å². The Hall–Kier alpha value is -2.80. The molecule has 4 rings (SSSR count). The molecule has 1 aliphatic rings. The SMILES string of the molecule is c1ccc(N2CCC(NC(=NCCc3cccs3)NCCc3ccco3)CC2)nc1. The van der Waals surface area contributed by atoms with E-state index in [9.17, 15) is 0 Å². The highest BCUT2D eigenvalue weighted by Crippen LogP contribution is 2.17. The van der Waals surface area contributed by atoms with Gasteiger partial charge in [0, 0.05) is 56.1 Å². The first-order valence-corrected chi connectivity index (χ1v) is 11.5. The van der Waals surface area contributed by atoms with E-state index in [-0.39, 0.29) is 0 Å². The van der Waals surface area contributed by atoms with Crippen LogP contribution in [-0.4, -0.2) is 43.2 Å². The Morgan fingerprint density at radius 3 is 2.80 bits per heavy atom. The number of pyridine rings is 1. The number of thiophene rings is 1. The van der Waals surface area contributed by atoms with E-state index >= 15 is 0 Å². The third-order valence-corrected chi connectivity index (χ3v) is 6.20. The fourth-order valence-corrected chi connectivity index (χ4v) is 4.33. The molecule has 6 nitrogen and oxygen atoms in total. The standard InChI is InChI=1S/C23H29N5OS/c1-2-12-24-22(7-1)28-15-10-19(11-16-28)27-23(25-13-8-20-5-3-17-29-20)26-14-9-21-6-4-18-30-21/h1-7,12,17-19H,8-11,13-16H2,(H2,25,26,27). The molecule has 0 saturated carbocycles. The molecule has 1 saturated heterocycles. The Bertz CT molecular complexity index is 872. The molecule has 0 unspecified atom stereocenters. The van der Waals surface area contributed by atoms with Crippen LogP contribution in [0.2, 0.25) is 0 Å². The van der Waals surface area contributed by atoms with E-state index in [1.54, 1.807) is 17.6 Å². The van der Waals surface area contributed by atoms with Crippen molar-refractivity contribution in [2.75, 3.05) is 31.1 Å². The molecular weight excluding hydrogens is 394 g/mol. The minimum atomic E-state index is 0.418. The normalized spacial score (nSPS) is 15.3. The van der Waals surface area contributed by atoms with Crippen molar-refractivity contribution >= 4 is 23.1 Å². The number of hydrogen-bond donors (Lipinski definition) is 2. The average Bonchev–Trinajstić information content (AvgIpc) is 3.49. The number of rotatable bonds is 8. The Labute approximate surface area is 182 Å². The predicted octanol–water partition coefficient (Wildman–Crippen LogP) is 3.73. The zero-order valence-electron chi connectivity index (χ0n) is 17.2. The van der Waals surface area contributed by atoms with Gasteiger partial charge in [-0.3, -0.25) is 4.99 Å². The van der Waals surface area contributed by atoms with Crippen LogP contribution >= 0.6 is 11.3 Å². The third kappa shape index (κ3) is 6.10. The van der Waals surface area contributed by atoms with E-state index < -0.39 is 0 Å². The minimum absolute atomic E-state index is 0.418. The van der Waals surface area contributed by atoms with E-state index in [1.807, 2.05) is 30.5 Å². The van der Waals surface area contributed by atoms with Crippen molar-refractivity contribution < 1.29 is 4.42 Å². The molecule has 0 radical (unpaired) electrons. The molecule has 30 heavy (non-hydrogen) atoms. The van der Waals surface area contributed by atoms with Crippen LogP contribution in [0.25, 0.3) is 0 Å². The summed E-state index contributed by atoms with van der Waals surface area (Å²) < 4.78 is 5.44. The quantitative estimate of drug-likeness (QED) is 0.427. The lowest BCUT2D eigenvalue weighted by Gasteiger charge is -2.33. The second kappa shape index (κ2) is 10.8. The number of hydrogen-bond acceptors (Lipinski definition) is 5. The summed E-state index contributed by atoms with van der Waals surface area (Å²) in [6, 6.07) is 14.7. The molecule has 0 aliphatic carbocycles. The smallest absolute Gasteiger partial charge is 0.191 e. The number of nitrogens with zero attached hydrogens (tertiary/aromatic N) is 3. The van der Waals surface area contributed by atoms with Gasteiger partial charge in [0.15, 0.2) is 5.96 Å². The van der Waals surface area contributed by atoms with Crippen LogP contribution < -0.4 is 15.5 Å². The van der Waals surface area contributed by atoms with Crippen LogP contribution in [0, 0.1) is 0 Å². The van der Waals surface area contributed by atoms with Crippen molar-refractivity contribution in [3.8, 4) is 0 Å². The van der Waals surface area contributed by atoms with E-state index in [0.717, 1.165) is 69.4 Å². The van der Waals surface area contributed by atoms with E-state index in [1.165, 1.54) is 4.88 Å². The molecule has 0 aromatic carbocycles. The Balaban J connectivity index is 1.29. The van der Waals surface area contributed by atoms with Gasteiger partial charge in [-0.2, -0.15) is 0 Å². The summed E-state index contributed by atoms with van der Waals surface area (Å²) in [5.41, 5.74) is 0. The predicted molar refractivity (Wildman–Crippen MR) is 123 cm³/mol. The zero-order chi connectivity index (χ0) is 20.4. The van der Waals surface area contributed by atoms with E-state index in [2.05, 4.69) is 44.1 Å². The number of piperidine rings is 1. The zero-order valence-corrected chi connectivity index (χ0v) is 18.0. The molecule has 3 aromatic heterocycles. The van der Waals surface area contributed by atoms with Crippen LogP contribution in [0.5, 0.6) is 0 Å². The largest absolute Gasteiger partial charge is 0.469 e. The number of guanidine groups is 1. The summed E-state index contributed by atoms with van der Waals surface area (Å²) in [6.45, 7) is 3.58. The third-order valence-electron chi connectivity index (χ3n) is 5.26. The highest BCUT2D eigenvalue weighted by molar-refractivity contribution is 7.09. The summed E-state index contributed by atoms with van der Waals surface area (Å²) >= 11 is 1.79. The topological polar surface area (TPSA) is 65.7 Å². The fourth-order valence-electron chi connectivity index (χ4n) is 3.63. The van der Waals surface area contributed by atoms with Gasteiger partial charge in [0.05, 0.1) is 6.26 Å². The lowest BCUT2D eigenvalue weighted by atomic mass is 10.1. The maximum Gasteiger partial charge on any atom is 0.191 e. The van der Waals surface area contributed by atoms with Crippen LogP contribution in [-0.2, 0) is 12.8 Å². The molecule has 1 fully saturated rings. The number of furan rings is 1. The molecule has 4 heterocycles. The second-order valence-corrected chi connectivity index (χ2v) is 8.44.